The molecule has 2 atom stereocenters. The highest BCUT2D eigenvalue weighted by Gasteiger charge is 2.41. The molecule has 2 saturated heterocycles. The Kier molecular flexibility index (Phi) is 6.78. The quantitative estimate of drug-likeness (QED) is 0.308. The van der Waals surface area contributed by atoms with Crippen molar-refractivity contribution in [3.8, 4) is 0 Å². The Morgan fingerprint density at radius 2 is 2.19 bits per heavy atom. The van der Waals surface area contributed by atoms with Gasteiger partial charge in [-0.3, -0.25) is 24.7 Å². The maximum absolute atomic E-state index is 10.8. The molecule has 0 bridgehead atoms. The molecule has 2 aliphatic heterocycles. The summed E-state index contributed by atoms with van der Waals surface area (Å²) >= 11 is 0. The Morgan fingerprint density at radius 1 is 1.35 bits per heavy atom. The fraction of sp³-hybridized carbons (Fsp3) is 0.524. The van der Waals surface area contributed by atoms with Crippen molar-refractivity contribution >= 4 is 11.6 Å². The molecule has 31 heavy (non-hydrogen) atoms. The van der Waals surface area contributed by atoms with E-state index in [1.807, 2.05) is 13.0 Å². The Labute approximate surface area is 181 Å². The van der Waals surface area contributed by atoms with Crippen molar-refractivity contribution in [1.82, 2.24) is 24.9 Å². The molecule has 1 N–H and O–H groups in total. The van der Waals surface area contributed by atoms with E-state index < -0.39 is 4.92 Å². The number of nitrogens with zero attached hydrogens (tertiary/aromatic N) is 6. The van der Waals surface area contributed by atoms with Crippen LogP contribution in [0.1, 0.15) is 12.5 Å². The van der Waals surface area contributed by atoms with Gasteiger partial charge in [-0.05, 0) is 12.5 Å². The molecule has 1 aromatic heterocycles. The highest BCUT2D eigenvalue weighted by molar-refractivity contribution is 5.80. The molecule has 2 aliphatic rings. The fourth-order valence-corrected chi connectivity index (χ4v) is 4.20. The van der Waals surface area contributed by atoms with Gasteiger partial charge in [0.25, 0.3) is 0 Å². The number of aliphatic imine (C=N–C) groups is 1. The van der Waals surface area contributed by atoms with E-state index in [2.05, 4.69) is 44.5 Å². The van der Waals surface area contributed by atoms with Crippen LogP contribution in [0.5, 0.6) is 0 Å². The number of hydrogen-bond donors (Lipinski definition) is 1. The summed E-state index contributed by atoms with van der Waals surface area (Å²) in [6.45, 7) is 8.04. The van der Waals surface area contributed by atoms with Crippen LogP contribution in [0, 0.1) is 10.1 Å². The summed E-state index contributed by atoms with van der Waals surface area (Å²) in [6.07, 6.45) is 2.86. The average Bonchev–Trinajstić information content (AvgIpc) is 3.42. The Bertz CT molecular complexity index is 901. The van der Waals surface area contributed by atoms with E-state index in [-0.39, 0.29) is 11.8 Å². The zero-order valence-corrected chi connectivity index (χ0v) is 17.8. The number of aromatic nitrogens is 2. The minimum absolute atomic E-state index is 0.00448. The topological polar surface area (TPSA) is 101 Å². The van der Waals surface area contributed by atoms with Gasteiger partial charge in [0.2, 0.25) is 0 Å². The molecule has 0 spiro atoms. The number of likely N-dealkylation sites (tertiary alicyclic amines) is 1. The van der Waals surface area contributed by atoms with Crippen LogP contribution >= 0.6 is 0 Å². The van der Waals surface area contributed by atoms with Gasteiger partial charge in [0.05, 0.1) is 36.8 Å². The first kappa shape index (κ1) is 21.3. The van der Waals surface area contributed by atoms with Gasteiger partial charge < -0.3 is 15.0 Å². The SMILES string of the molecule is CCNC(=NCCn1cc([N+](=O)[O-])cn1)N1CC2OCCN(Cc3ccccc3)C2C1. The minimum Gasteiger partial charge on any atom is -0.373 e. The molecule has 0 radical (unpaired) electrons. The predicted molar refractivity (Wildman–Crippen MR) is 117 cm³/mol. The maximum Gasteiger partial charge on any atom is 0.306 e. The zero-order valence-electron chi connectivity index (χ0n) is 17.8. The van der Waals surface area contributed by atoms with Gasteiger partial charge in [0.1, 0.15) is 12.4 Å². The lowest BCUT2D eigenvalue weighted by atomic mass is 10.1. The van der Waals surface area contributed by atoms with E-state index >= 15 is 0 Å². The number of benzene rings is 1. The standard InChI is InChI=1S/C21H29N7O3/c1-2-22-21(23-8-9-27-14-18(12-24-27)28(29)30)26-15-19-20(16-26)31-11-10-25(19)13-17-6-4-3-5-7-17/h3-7,12,14,19-20H,2,8-11,13,15-16H2,1H3,(H,22,23). The normalized spacial score (nSPS) is 21.8. The third-order valence-electron chi connectivity index (χ3n) is 5.70. The first-order valence-electron chi connectivity index (χ1n) is 10.7. The average molecular weight is 428 g/mol. The van der Waals surface area contributed by atoms with Crippen LogP contribution < -0.4 is 5.32 Å². The number of ether oxygens (including phenoxy) is 1. The number of nitro groups is 1. The lowest BCUT2D eigenvalue weighted by Crippen LogP contribution is -2.50. The lowest BCUT2D eigenvalue weighted by molar-refractivity contribution is -0.385. The highest BCUT2D eigenvalue weighted by atomic mass is 16.6. The van der Waals surface area contributed by atoms with Crippen molar-refractivity contribution in [2.75, 3.05) is 39.3 Å². The number of morpholine rings is 1. The van der Waals surface area contributed by atoms with Crippen LogP contribution in [0.25, 0.3) is 0 Å². The highest BCUT2D eigenvalue weighted by Crippen LogP contribution is 2.24. The van der Waals surface area contributed by atoms with Crippen molar-refractivity contribution < 1.29 is 9.66 Å². The maximum atomic E-state index is 10.8. The fourth-order valence-electron chi connectivity index (χ4n) is 4.20. The summed E-state index contributed by atoms with van der Waals surface area (Å²) in [4.78, 5) is 19.9. The van der Waals surface area contributed by atoms with Gasteiger partial charge >= 0.3 is 5.69 Å². The third-order valence-corrected chi connectivity index (χ3v) is 5.70. The second-order valence-electron chi connectivity index (χ2n) is 7.79. The minimum atomic E-state index is -0.440. The molecule has 2 aromatic rings. The molecule has 10 heteroatoms. The summed E-state index contributed by atoms with van der Waals surface area (Å²) in [5.41, 5.74) is 1.31. The molecule has 0 aliphatic carbocycles. The van der Waals surface area contributed by atoms with Crippen LogP contribution in [0.3, 0.4) is 0 Å². The molecule has 2 unspecified atom stereocenters. The van der Waals surface area contributed by atoms with Gasteiger partial charge in [-0.15, -0.1) is 0 Å². The number of rotatable bonds is 7. The van der Waals surface area contributed by atoms with E-state index in [9.17, 15) is 10.1 Å². The molecule has 1 aromatic carbocycles. The second-order valence-corrected chi connectivity index (χ2v) is 7.79. The van der Waals surface area contributed by atoms with Gasteiger partial charge in [-0.1, -0.05) is 30.3 Å². The zero-order chi connectivity index (χ0) is 21.6. The summed E-state index contributed by atoms with van der Waals surface area (Å²) in [6, 6.07) is 10.9. The number of fused-ring (bicyclic) bond motifs is 1. The van der Waals surface area contributed by atoms with E-state index in [4.69, 9.17) is 9.73 Å². The molecule has 3 heterocycles. The molecular weight excluding hydrogens is 398 g/mol. The van der Waals surface area contributed by atoms with Crippen molar-refractivity contribution in [2.45, 2.75) is 32.2 Å². The summed E-state index contributed by atoms with van der Waals surface area (Å²) in [5.74, 6) is 0.849. The molecule has 2 fully saturated rings. The van der Waals surface area contributed by atoms with E-state index in [0.717, 1.165) is 45.3 Å². The van der Waals surface area contributed by atoms with Gasteiger partial charge in [-0.2, -0.15) is 5.10 Å². The molecule has 0 saturated carbocycles. The van der Waals surface area contributed by atoms with Crippen LogP contribution in [0.15, 0.2) is 47.7 Å². The third kappa shape index (κ3) is 5.20. The van der Waals surface area contributed by atoms with E-state index in [0.29, 0.717) is 19.1 Å². The number of guanidine groups is 1. The summed E-state index contributed by atoms with van der Waals surface area (Å²) in [5, 5.41) is 18.2. The largest absolute Gasteiger partial charge is 0.373 e. The smallest absolute Gasteiger partial charge is 0.306 e. The van der Waals surface area contributed by atoms with Crippen molar-refractivity contribution in [3.63, 3.8) is 0 Å². The molecule has 4 rings (SSSR count). The summed E-state index contributed by atoms with van der Waals surface area (Å²) in [7, 11) is 0. The van der Waals surface area contributed by atoms with E-state index in [1.165, 1.54) is 18.0 Å². The predicted octanol–water partition coefficient (Wildman–Crippen LogP) is 1.34. The van der Waals surface area contributed by atoms with E-state index in [1.54, 1.807) is 4.68 Å². The molecule has 10 nitrogen and oxygen atoms in total. The number of nitrogens with one attached hydrogen (secondary N) is 1. The van der Waals surface area contributed by atoms with Crippen LogP contribution in [0.2, 0.25) is 0 Å². The second kappa shape index (κ2) is 9.88. The van der Waals surface area contributed by atoms with Crippen molar-refractivity contribution in [3.05, 3.63) is 58.4 Å². The lowest BCUT2D eigenvalue weighted by Gasteiger charge is -2.36. The number of hydrogen-bond acceptors (Lipinski definition) is 6. The Hall–Kier alpha value is -2.98. The van der Waals surface area contributed by atoms with Gasteiger partial charge in [0, 0.05) is 32.7 Å². The Morgan fingerprint density at radius 3 is 2.94 bits per heavy atom. The monoisotopic (exact) mass is 427 g/mol. The first-order valence-corrected chi connectivity index (χ1v) is 10.7. The van der Waals surface area contributed by atoms with Crippen LogP contribution in [-0.2, 0) is 17.8 Å². The Balaban J connectivity index is 1.39. The van der Waals surface area contributed by atoms with Crippen LogP contribution in [0.4, 0.5) is 5.69 Å². The van der Waals surface area contributed by atoms with Gasteiger partial charge in [-0.25, -0.2) is 0 Å². The molecular formula is C21H29N7O3. The summed E-state index contributed by atoms with van der Waals surface area (Å²) < 4.78 is 7.64. The molecule has 0 amide bonds. The van der Waals surface area contributed by atoms with Crippen LogP contribution in [-0.4, -0.2) is 81.9 Å². The van der Waals surface area contributed by atoms with Gasteiger partial charge in [0.15, 0.2) is 5.96 Å². The van der Waals surface area contributed by atoms with Crippen molar-refractivity contribution in [1.29, 1.82) is 0 Å². The molecule has 166 valence electrons. The van der Waals surface area contributed by atoms with Crippen molar-refractivity contribution in [2.24, 2.45) is 4.99 Å². The first-order chi connectivity index (χ1) is 15.1.